The second-order valence-electron chi connectivity index (χ2n) is 5.44. The molecule has 2 rings (SSSR count). The van der Waals surface area contributed by atoms with Gasteiger partial charge in [-0.1, -0.05) is 19.3 Å². The van der Waals surface area contributed by atoms with E-state index in [0.717, 1.165) is 38.4 Å². The Morgan fingerprint density at radius 1 is 1.12 bits per heavy atom. The standard InChI is InChI=1S/C13H23NO2/c15-13(16)12-7-4-8-14(10-12)9-11-5-2-1-3-6-11/h11-12H,1-10H2,(H,15,16)/t12-/m0/s1. The number of nitrogens with zero attached hydrogens (tertiary/aromatic N) is 1. The third-order valence-electron chi connectivity index (χ3n) is 4.10. The predicted molar refractivity (Wildman–Crippen MR) is 63.4 cm³/mol. The zero-order valence-electron chi connectivity index (χ0n) is 10.0. The van der Waals surface area contributed by atoms with E-state index in [1.165, 1.54) is 32.1 Å². The van der Waals surface area contributed by atoms with Crippen molar-refractivity contribution in [2.24, 2.45) is 11.8 Å². The topological polar surface area (TPSA) is 40.5 Å². The molecular formula is C13H23NO2. The third-order valence-corrected chi connectivity index (χ3v) is 4.10. The van der Waals surface area contributed by atoms with E-state index in [0.29, 0.717) is 0 Å². The molecule has 92 valence electrons. The molecule has 1 saturated carbocycles. The Bertz CT molecular complexity index is 236. The van der Waals surface area contributed by atoms with Crippen molar-refractivity contribution in [3.8, 4) is 0 Å². The van der Waals surface area contributed by atoms with Gasteiger partial charge in [-0.25, -0.2) is 0 Å². The van der Waals surface area contributed by atoms with Crippen molar-refractivity contribution in [2.75, 3.05) is 19.6 Å². The van der Waals surface area contributed by atoms with Crippen LogP contribution in [-0.4, -0.2) is 35.6 Å². The second kappa shape index (κ2) is 5.67. The average molecular weight is 225 g/mol. The molecule has 1 N–H and O–H groups in total. The summed E-state index contributed by atoms with van der Waals surface area (Å²) >= 11 is 0. The molecule has 0 amide bonds. The minimum atomic E-state index is -0.603. The maximum atomic E-state index is 11.0. The van der Waals surface area contributed by atoms with Crippen molar-refractivity contribution in [3.63, 3.8) is 0 Å². The second-order valence-corrected chi connectivity index (χ2v) is 5.44. The molecule has 0 unspecified atom stereocenters. The minimum Gasteiger partial charge on any atom is -0.481 e. The van der Waals surface area contributed by atoms with Crippen molar-refractivity contribution in [1.82, 2.24) is 4.90 Å². The SMILES string of the molecule is O=C(O)[C@H]1CCCN(CC2CCCCC2)C1. The molecule has 2 fully saturated rings. The van der Waals surface area contributed by atoms with Gasteiger partial charge in [-0.3, -0.25) is 4.79 Å². The van der Waals surface area contributed by atoms with Gasteiger partial charge in [-0.05, 0) is 38.1 Å². The molecule has 0 radical (unpaired) electrons. The van der Waals surface area contributed by atoms with Crippen molar-refractivity contribution in [2.45, 2.75) is 44.9 Å². The lowest BCUT2D eigenvalue weighted by molar-refractivity contribution is -0.143. The summed E-state index contributed by atoms with van der Waals surface area (Å²) in [7, 11) is 0. The summed E-state index contributed by atoms with van der Waals surface area (Å²) in [6.45, 7) is 3.04. The molecule has 0 aromatic heterocycles. The summed E-state index contributed by atoms with van der Waals surface area (Å²) in [6, 6.07) is 0. The van der Waals surface area contributed by atoms with E-state index in [1.54, 1.807) is 0 Å². The van der Waals surface area contributed by atoms with E-state index in [4.69, 9.17) is 5.11 Å². The lowest BCUT2D eigenvalue weighted by atomic mass is 9.88. The molecule has 0 aromatic carbocycles. The van der Waals surface area contributed by atoms with E-state index in [9.17, 15) is 4.79 Å². The molecule has 1 aliphatic heterocycles. The van der Waals surface area contributed by atoms with Gasteiger partial charge in [0.05, 0.1) is 5.92 Å². The van der Waals surface area contributed by atoms with E-state index in [-0.39, 0.29) is 5.92 Å². The van der Waals surface area contributed by atoms with Crippen LogP contribution in [0.5, 0.6) is 0 Å². The van der Waals surface area contributed by atoms with Crippen LogP contribution in [0.3, 0.4) is 0 Å². The number of piperidine rings is 1. The quantitative estimate of drug-likeness (QED) is 0.801. The lowest BCUT2D eigenvalue weighted by Crippen LogP contribution is -2.41. The van der Waals surface area contributed by atoms with Gasteiger partial charge in [0.2, 0.25) is 0 Å². The summed E-state index contributed by atoms with van der Waals surface area (Å²) in [4.78, 5) is 13.4. The van der Waals surface area contributed by atoms with Gasteiger partial charge in [0.25, 0.3) is 0 Å². The zero-order valence-corrected chi connectivity index (χ0v) is 10.0. The molecule has 16 heavy (non-hydrogen) atoms. The van der Waals surface area contributed by atoms with Gasteiger partial charge in [0, 0.05) is 13.1 Å². The Morgan fingerprint density at radius 2 is 1.88 bits per heavy atom. The Labute approximate surface area is 97.8 Å². The molecule has 2 aliphatic rings. The van der Waals surface area contributed by atoms with Gasteiger partial charge in [-0.2, -0.15) is 0 Å². The van der Waals surface area contributed by atoms with Crippen LogP contribution in [0.2, 0.25) is 0 Å². The van der Waals surface area contributed by atoms with Gasteiger partial charge in [0.1, 0.15) is 0 Å². The first-order chi connectivity index (χ1) is 7.75. The average Bonchev–Trinajstić information content (AvgIpc) is 2.30. The summed E-state index contributed by atoms with van der Waals surface area (Å²) < 4.78 is 0. The predicted octanol–water partition coefficient (Wildman–Crippen LogP) is 2.36. The van der Waals surface area contributed by atoms with Gasteiger partial charge in [0.15, 0.2) is 0 Å². The third kappa shape index (κ3) is 3.21. The number of aliphatic carboxylic acids is 1. The number of carboxylic acids is 1. The number of hydrogen-bond donors (Lipinski definition) is 1. The highest BCUT2D eigenvalue weighted by molar-refractivity contribution is 5.70. The molecule has 0 aromatic rings. The van der Waals surface area contributed by atoms with Crippen LogP contribution in [0.4, 0.5) is 0 Å². The van der Waals surface area contributed by atoms with Gasteiger partial charge in [-0.15, -0.1) is 0 Å². The summed E-state index contributed by atoms with van der Waals surface area (Å²) in [5.41, 5.74) is 0. The van der Waals surface area contributed by atoms with Crippen LogP contribution in [0, 0.1) is 11.8 Å². The molecule has 3 heteroatoms. The Morgan fingerprint density at radius 3 is 2.56 bits per heavy atom. The minimum absolute atomic E-state index is 0.114. The van der Waals surface area contributed by atoms with Gasteiger partial charge < -0.3 is 10.0 Å². The van der Waals surface area contributed by atoms with Crippen molar-refractivity contribution >= 4 is 5.97 Å². The fourth-order valence-electron chi connectivity index (χ4n) is 3.16. The molecule has 1 saturated heterocycles. The smallest absolute Gasteiger partial charge is 0.307 e. The maximum Gasteiger partial charge on any atom is 0.307 e. The molecule has 1 aliphatic carbocycles. The van der Waals surface area contributed by atoms with Crippen LogP contribution in [0.1, 0.15) is 44.9 Å². The number of hydrogen-bond acceptors (Lipinski definition) is 2. The highest BCUT2D eigenvalue weighted by Gasteiger charge is 2.27. The van der Waals surface area contributed by atoms with Crippen LogP contribution >= 0.6 is 0 Å². The molecule has 0 spiro atoms. The fourth-order valence-corrected chi connectivity index (χ4v) is 3.16. The molecule has 1 heterocycles. The van der Waals surface area contributed by atoms with Gasteiger partial charge >= 0.3 is 5.97 Å². The number of carboxylic acid groups (broad SMARTS) is 1. The first-order valence-electron chi connectivity index (χ1n) is 6.71. The van der Waals surface area contributed by atoms with Crippen molar-refractivity contribution in [3.05, 3.63) is 0 Å². The number of rotatable bonds is 3. The normalized spacial score (nSPS) is 29.1. The van der Waals surface area contributed by atoms with Crippen LogP contribution in [-0.2, 0) is 4.79 Å². The Hall–Kier alpha value is -0.570. The summed E-state index contributed by atoms with van der Waals surface area (Å²) in [5, 5.41) is 9.04. The number of likely N-dealkylation sites (tertiary alicyclic amines) is 1. The zero-order chi connectivity index (χ0) is 11.4. The van der Waals surface area contributed by atoms with E-state index in [1.807, 2.05) is 0 Å². The van der Waals surface area contributed by atoms with Crippen molar-refractivity contribution < 1.29 is 9.90 Å². The Kier molecular flexibility index (Phi) is 4.22. The molecule has 1 atom stereocenters. The fraction of sp³-hybridized carbons (Fsp3) is 0.923. The first kappa shape index (κ1) is 11.9. The first-order valence-corrected chi connectivity index (χ1v) is 6.71. The lowest BCUT2D eigenvalue weighted by Gasteiger charge is -2.34. The summed E-state index contributed by atoms with van der Waals surface area (Å²) in [5.74, 6) is 0.118. The molecule has 3 nitrogen and oxygen atoms in total. The largest absolute Gasteiger partial charge is 0.481 e. The molecule has 0 bridgehead atoms. The molecular weight excluding hydrogens is 202 g/mol. The van der Waals surface area contributed by atoms with E-state index >= 15 is 0 Å². The summed E-state index contributed by atoms with van der Waals surface area (Å²) in [6.07, 6.45) is 8.79. The highest BCUT2D eigenvalue weighted by Crippen LogP contribution is 2.26. The number of carbonyl (C=O) groups is 1. The van der Waals surface area contributed by atoms with Crippen LogP contribution in [0.25, 0.3) is 0 Å². The highest BCUT2D eigenvalue weighted by atomic mass is 16.4. The monoisotopic (exact) mass is 225 g/mol. The maximum absolute atomic E-state index is 11.0. The van der Waals surface area contributed by atoms with Crippen LogP contribution < -0.4 is 0 Å². The van der Waals surface area contributed by atoms with E-state index in [2.05, 4.69) is 4.90 Å². The van der Waals surface area contributed by atoms with Crippen LogP contribution in [0.15, 0.2) is 0 Å². The van der Waals surface area contributed by atoms with Crippen molar-refractivity contribution in [1.29, 1.82) is 0 Å². The Balaban J connectivity index is 1.78. The van der Waals surface area contributed by atoms with E-state index < -0.39 is 5.97 Å².